The van der Waals surface area contributed by atoms with Gasteiger partial charge in [-0.1, -0.05) is 24.3 Å². The van der Waals surface area contributed by atoms with Crippen LogP contribution in [0.2, 0.25) is 0 Å². The molecule has 0 radical (unpaired) electrons. The number of anilines is 1. The van der Waals surface area contributed by atoms with Crippen molar-refractivity contribution in [2.45, 2.75) is 26.7 Å². The first-order chi connectivity index (χ1) is 10.2. The minimum absolute atomic E-state index is 0.0366. The molecule has 2 aromatic carbocycles. The van der Waals surface area contributed by atoms with E-state index in [9.17, 15) is 4.79 Å². The number of hydrogen-bond donors (Lipinski definition) is 1. The Bertz CT molecular complexity index is 590. The summed E-state index contributed by atoms with van der Waals surface area (Å²) in [5, 5.41) is 2.92. The molecule has 0 aliphatic carbocycles. The fourth-order valence-electron chi connectivity index (χ4n) is 2.12. The van der Waals surface area contributed by atoms with Crippen LogP contribution in [0.5, 0.6) is 5.75 Å². The largest absolute Gasteiger partial charge is 0.494 e. The maximum absolute atomic E-state index is 11.9. The van der Waals surface area contributed by atoms with E-state index in [1.807, 2.05) is 62.4 Å². The third kappa shape index (κ3) is 4.95. The first-order valence-corrected chi connectivity index (χ1v) is 7.25. The van der Waals surface area contributed by atoms with Crippen LogP contribution in [-0.4, -0.2) is 12.5 Å². The lowest BCUT2D eigenvalue weighted by atomic mass is 10.1. The third-order valence-electron chi connectivity index (χ3n) is 3.18. The number of benzene rings is 2. The van der Waals surface area contributed by atoms with Crippen molar-refractivity contribution < 1.29 is 9.53 Å². The Hall–Kier alpha value is -2.29. The summed E-state index contributed by atoms with van der Waals surface area (Å²) >= 11 is 0. The number of ether oxygens (including phenoxy) is 1. The second kappa shape index (κ2) is 7.48. The Balaban J connectivity index is 1.83. The van der Waals surface area contributed by atoms with E-state index in [0.717, 1.165) is 29.0 Å². The fraction of sp³-hybridized carbons (Fsp3) is 0.278. The second-order valence-corrected chi connectivity index (χ2v) is 4.99. The quantitative estimate of drug-likeness (QED) is 0.871. The Morgan fingerprint density at radius 3 is 2.57 bits per heavy atom. The van der Waals surface area contributed by atoms with Gasteiger partial charge in [-0.15, -0.1) is 0 Å². The number of hydrogen-bond acceptors (Lipinski definition) is 2. The molecule has 0 saturated carbocycles. The molecule has 0 fully saturated rings. The molecule has 0 aliphatic heterocycles. The van der Waals surface area contributed by atoms with Crippen LogP contribution in [-0.2, 0) is 11.2 Å². The summed E-state index contributed by atoms with van der Waals surface area (Å²) in [7, 11) is 0. The zero-order valence-electron chi connectivity index (χ0n) is 12.6. The smallest absolute Gasteiger partial charge is 0.224 e. The van der Waals surface area contributed by atoms with Gasteiger partial charge in [0.2, 0.25) is 5.91 Å². The average molecular weight is 283 g/mol. The minimum atomic E-state index is 0.0366. The number of aryl methyl sites for hydroxylation is 2. The molecule has 3 heteroatoms. The molecule has 110 valence electrons. The third-order valence-corrected chi connectivity index (χ3v) is 3.18. The number of carbonyl (C=O) groups excluding carboxylic acids is 1. The van der Waals surface area contributed by atoms with Gasteiger partial charge in [0.1, 0.15) is 5.75 Å². The molecule has 2 rings (SSSR count). The second-order valence-electron chi connectivity index (χ2n) is 4.99. The molecule has 0 bridgehead atoms. The first-order valence-electron chi connectivity index (χ1n) is 7.25. The van der Waals surface area contributed by atoms with Crippen molar-refractivity contribution in [1.29, 1.82) is 0 Å². The van der Waals surface area contributed by atoms with Gasteiger partial charge in [-0.05, 0) is 55.7 Å². The van der Waals surface area contributed by atoms with E-state index >= 15 is 0 Å². The van der Waals surface area contributed by atoms with E-state index in [2.05, 4.69) is 5.32 Å². The molecule has 2 aromatic rings. The van der Waals surface area contributed by atoms with Crippen LogP contribution in [0.1, 0.15) is 24.5 Å². The highest BCUT2D eigenvalue weighted by Gasteiger charge is 2.03. The van der Waals surface area contributed by atoms with Gasteiger partial charge in [0.25, 0.3) is 0 Å². The fourth-order valence-corrected chi connectivity index (χ4v) is 2.12. The summed E-state index contributed by atoms with van der Waals surface area (Å²) in [6, 6.07) is 15.7. The highest BCUT2D eigenvalue weighted by molar-refractivity contribution is 5.90. The molecular formula is C18H21NO2. The number of nitrogens with one attached hydrogen (secondary N) is 1. The minimum Gasteiger partial charge on any atom is -0.494 e. The molecule has 0 spiro atoms. The standard InChI is InChI=1S/C18H21NO2/c1-3-21-17-10-7-15(8-11-17)9-12-18(20)19-16-6-4-5-14(2)13-16/h4-8,10-11,13H,3,9,12H2,1-2H3,(H,19,20). The van der Waals surface area contributed by atoms with Crippen LogP contribution < -0.4 is 10.1 Å². The van der Waals surface area contributed by atoms with Crippen molar-refractivity contribution in [2.24, 2.45) is 0 Å². The van der Waals surface area contributed by atoms with Crippen LogP contribution in [0.25, 0.3) is 0 Å². The number of amides is 1. The van der Waals surface area contributed by atoms with Crippen LogP contribution in [0.3, 0.4) is 0 Å². The number of carbonyl (C=O) groups is 1. The molecule has 0 unspecified atom stereocenters. The Morgan fingerprint density at radius 2 is 1.90 bits per heavy atom. The molecule has 1 N–H and O–H groups in total. The molecular weight excluding hydrogens is 262 g/mol. The highest BCUT2D eigenvalue weighted by atomic mass is 16.5. The summed E-state index contributed by atoms with van der Waals surface area (Å²) in [5.41, 5.74) is 3.13. The van der Waals surface area contributed by atoms with Gasteiger partial charge >= 0.3 is 0 Å². The average Bonchev–Trinajstić information content (AvgIpc) is 2.47. The van der Waals surface area contributed by atoms with Crippen molar-refractivity contribution in [3.63, 3.8) is 0 Å². The molecule has 0 heterocycles. The maximum atomic E-state index is 11.9. The van der Waals surface area contributed by atoms with Gasteiger partial charge in [-0.2, -0.15) is 0 Å². The SMILES string of the molecule is CCOc1ccc(CCC(=O)Nc2cccc(C)c2)cc1. The van der Waals surface area contributed by atoms with E-state index < -0.39 is 0 Å². The van der Waals surface area contributed by atoms with E-state index in [1.54, 1.807) is 0 Å². The predicted octanol–water partition coefficient (Wildman–Crippen LogP) is 3.97. The molecule has 0 saturated heterocycles. The van der Waals surface area contributed by atoms with Crippen molar-refractivity contribution >= 4 is 11.6 Å². The lowest BCUT2D eigenvalue weighted by Gasteiger charge is -2.07. The summed E-state index contributed by atoms with van der Waals surface area (Å²) in [6.07, 6.45) is 1.20. The molecule has 0 aromatic heterocycles. The van der Waals surface area contributed by atoms with Gasteiger partial charge in [0.05, 0.1) is 6.61 Å². The Morgan fingerprint density at radius 1 is 1.14 bits per heavy atom. The zero-order chi connectivity index (χ0) is 15.1. The predicted molar refractivity (Wildman–Crippen MR) is 85.7 cm³/mol. The Kier molecular flexibility index (Phi) is 5.38. The first kappa shape index (κ1) is 15.1. The van der Waals surface area contributed by atoms with Gasteiger partial charge in [0, 0.05) is 12.1 Å². The topological polar surface area (TPSA) is 38.3 Å². The van der Waals surface area contributed by atoms with Gasteiger partial charge in [0.15, 0.2) is 0 Å². The molecule has 1 amide bonds. The van der Waals surface area contributed by atoms with E-state index in [-0.39, 0.29) is 5.91 Å². The van der Waals surface area contributed by atoms with Gasteiger partial charge in [-0.25, -0.2) is 0 Å². The highest BCUT2D eigenvalue weighted by Crippen LogP contribution is 2.14. The zero-order valence-corrected chi connectivity index (χ0v) is 12.6. The van der Waals surface area contributed by atoms with Crippen LogP contribution >= 0.6 is 0 Å². The molecule has 21 heavy (non-hydrogen) atoms. The van der Waals surface area contributed by atoms with E-state index in [0.29, 0.717) is 13.0 Å². The Labute approximate surface area is 126 Å². The van der Waals surface area contributed by atoms with Gasteiger partial charge < -0.3 is 10.1 Å². The number of rotatable bonds is 6. The van der Waals surface area contributed by atoms with Crippen LogP contribution in [0, 0.1) is 6.92 Å². The van der Waals surface area contributed by atoms with E-state index in [4.69, 9.17) is 4.74 Å². The van der Waals surface area contributed by atoms with Crippen molar-refractivity contribution in [2.75, 3.05) is 11.9 Å². The van der Waals surface area contributed by atoms with E-state index in [1.165, 1.54) is 0 Å². The summed E-state index contributed by atoms with van der Waals surface area (Å²) in [4.78, 5) is 11.9. The molecule has 0 atom stereocenters. The summed E-state index contributed by atoms with van der Waals surface area (Å²) < 4.78 is 5.40. The normalized spacial score (nSPS) is 10.2. The van der Waals surface area contributed by atoms with Crippen molar-refractivity contribution in [1.82, 2.24) is 0 Å². The lowest BCUT2D eigenvalue weighted by Crippen LogP contribution is -2.12. The summed E-state index contributed by atoms with van der Waals surface area (Å²) in [5.74, 6) is 0.903. The van der Waals surface area contributed by atoms with Crippen LogP contribution in [0.4, 0.5) is 5.69 Å². The monoisotopic (exact) mass is 283 g/mol. The molecule has 0 aliphatic rings. The summed E-state index contributed by atoms with van der Waals surface area (Å²) in [6.45, 7) is 4.64. The molecule has 3 nitrogen and oxygen atoms in total. The van der Waals surface area contributed by atoms with Crippen LogP contribution in [0.15, 0.2) is 48.5 Å². The van der Waals surface area contributed by atoms with Crippen molar-refractivity contribution in [3.05, 3.63) is 59.7 Å². The lowest BCUT2D eigenvalue weighted by molar-refractivity contribution is -0.116. The van der Waals surface area contributed by atoms with Crippen molar-refractivity contribution in [3.8, 4) is 5.75 Å². The van der Waals surface area contributed by atoms with Gasteiger partial charge in [-0.3, -0.25) is 4.79 Å². The maximum Gasteiger partial charge on any atom is 0.224 e.